The molecule has 0 spiro atoms. The van der Waals surface area contributed by atoms with Crippen molar-refractivity contribution in [2.24, 2.45) is 11.8 Å². The summed E-state index contributed by atoms with van der Waals surface area (Å²) < 4.78 is 37.8. The van der Waals surface area contributed by atoms with E-state index in [1.807, 2.05) is 29.5 Å². The summed E-state index contributed by atoms with van der Waals surface area (Å²) in [4.78, 5) is 17.7. The first-order valence-corrected chi connectivity index (χ1v) is 23.4. The van der Waals surface area contributed by atoms with E-state index in [0.717, 1.165) is 93.0 Å². The third-order valence-electron chi connectivity index (χ3n) is 11.6. The number of hydrogen-bond acceptors (Lipinski definition) is 10. The summed E-state index contributed by atoms with van der Waals surface area (Å²) in [6.07, 6.45) is 21.5. The number of nitrogens with one attached hydrogen (secondary N) is 1. The molecule has 63 heavy (non-hydrogen) atoms. The summed E-state index contributed by atoms with van der Waals surface area (Å²) in [6.45, 7) is 18.4. The zero-order valence-electron chi connectivity index (χ0n) is 37.5. The van der Waals surface area contributed by atoms with Crippen LogP contribution in [0.1, 0.15) is 58.1 Å². The molecule has 0 bridgehead atoms. The molecule has 2 saturated heterocycles. The van der Waals surface area contributed by atoms with Gasteiger partial charge in [0.05, 0.1) is 43.6 Å². The molecule has 330 valence electrons. The quantitative estimate of drug-likeness (QED) is 0.153. The van der Waals surface area contributed by atoms with Crippen molar-refractivity contribution in [2.45, 2.75) is 77.8 Å². The number of piperidine rings is 1. The van der Waals surface area contributed by atoms with Gasteiger partial charge < -0.3 is 20.1 Å². The van der Waals surface area contributed by atoms with E-state index in [0.29, 0.717) is 17.5 Å². The first kappa shape index (κ1) is 48.3. The Morgan fingerprint density at radius 2 is 1.25 bits per heavy atom. The second-order valence-corrected chi connectivity index (χ2v) is 19.2. The average molecular weight is 885 g/mol. The van der Waals surface area contributed by atoms with Crippen LogP contribution in [0.25, 0.3) is 44.3 Å². The van der Waals surface area contributed by atoms with E-state index in [4.69, 9.17) is 4.74 Å². The number of benzene rings is 1. The molecular formula is C47H61N10NaO4S. The molecule has 2 aliphatic rings. The topological polar surface area (TPSA) is 162 Å². The van der Waals surface area contributed by atoms with Crippen LogP contribution < -0.4 is 29.6 Å². The van der Waals surface area contributed by atoms with E-state index in [1.165, 1.54) is 58.4 Å². The maximum Gasteiger partial charge on any atom is 1.00 e. The van der Waals surface area contributed by atoms with Gasteiger partial charge in [-0.1, -0.05) is 52.3 Å². The molecule has 2 fully saturated rings. The maximum absolute atomic E-state index is 13.5. The Morgan fingerprint density at radius 3 is 1.87 bits per heavy atom. The van der Waals surface area contributed by atoms with Gasteiger partial charge in [0.15, 0.2) is 5.65 Å². The van der Waals surface area contributed by atoms with Gasteiger partial charge in [0.2, 0.25) is 0 Å². The molecule has 7 aromatic rings. The van der Waals surface area contributed by atoms with Crippen molar-refractivity contribution in [3.8, 4) is 22.3 Å². The van der Waals surface area contributed by atoms with Gasteiger partial charge in [-0.05, 0) is 86.0 Å². The largest absolute Gasteiger partial charge is 1.00 e. The van der Waals surface area contributed by atoms with Crippen molar-refractivity contribution in [1.29, 1.82) is 0 Å². The number of rotatable bonds is 14. The third kappa shape index (κ3) is 11.9. The van der Waals surface area contributed by atoms with E-state index in [2.05, 4.69) is 91.9 Å². The van der Waals surface area contributed by atoms with E-state index < -0.39 is 10.0 Å². The van der Waals surface area contributed by atoms with E-state index in [1.54, 1.807) is 42.7 Å². The number of fused-ring (bicyclic) bond motifs is 2. The van der Waals surface area contributed by atoms with Crippen LogP contribution in [0.4, 0.5) is 0 Å². The van der Waals surface area contributed by atoms with Gasteiger partial charge in [-0.25, -0.2) is 22.4 Å². The molecule has 6 aromatic heterocycles. The number of H-pyrrole nitrogens is 1. The molecule has 8 heterocycles. The zero-order valence-corrected chi connectivity index (χ0v) is 40.3. The van der Waals surface area contributed by atoms with Crippen LogP contribution in [0.5, 0.6) is 0 Å². The van der Waals surface area contributed by atoms with Crippen molar-refractivity contribution in [2.75, 3.05) is 52.5 Å². The van der Waals surface area contributed by atoms with Crippen LogP contribution in [0.3, 0.4) is 0 Å². The maximum atomic E-state index is 13.5. The number of nitrogens with zero attached hydrogens (tertiary/aromatic N) is 9. The van der Waals surface area contributed by atoms with Gasteiger partial charge in [0.25, 0.3) is 10.0 Å². The summed E-state index contributed by atoms with van der Waals surface area (Å²) in [5, 5.41) is 11.2. The summed E-state index contributed by atoms with van der Waals surface area (Å²) >= 11 is 0. The Hall–Kier alpha value is -4.19. The molecule has 2 N–H and O–H groups in total. The molecule has 0 amide bonds. The number of hydrogen-bond donors (Lipinski definition) is 1. The normalized spacial score (nSPS) is 15.1. The molecule has 0 saturated carbocycles. The molecule has 1 aromatic carbocycles. The SMILES string of the molecule is CC(C)Cc1cnc2[nH]cc(-c3cnn(CCN4CCCCC4)c3)c2c1.CC(C)Cc1cnc2c(c1)c(-c1cnn(CCN3CCOCC3)c1)cn2S(=O)(=O)c1ccccc1.[Na+].[OH-]. The van der Waals surface area contributed by atoms with Crippen LogP contribution in [-0.2, 0) is 40.7 Å². The average Bonchev–Trinajstić information content (AvgIpc) is 4.09. The summed E-state index contributed by atoms with van der Waals surface area (Å²) in [5.74, 6) is 1.10. The van der Waals surface area contributed by atoms with E-state index >= 15 is 0 Å². The molecule has 0 radical (unpaired) electrons. The first-order valence-electron chi connectivity index (χ1n) is 22.0. The van der Waals surface area contributed by atoms with Crippen LogP contribution in [-0.4, -0.2) is 115 Å². The molecule has 14 nitrogen and oxygen atoms in total. The van der Waals surface area contributed by atoms with Crippen molar-refractivity contribution >= 4 is 32.1 Å². The molecule has 16 heteroatoms. The molecule has 9 rings (SSSR count). The standard InChI is InChI=1S/C26H31N5O3S.C21H29N5.Na.H2O/c1-20(2)14-21-15-24-25(22-17-28-30(18-22)9-8-29-10-12-34-13-11-29)19-31(26(24)27-16-21)35(32,33)23-6-4-3-5-7-23;1-16(2)10-17-11-19-20(14-23-21(19)22-12-17)18-13-24-26(15-18)9-8-25-6-4-3-5-7-25;;/h3-7,15-20H,8-14H2,1-2H3;11-16H,3-10H2,1-2H3,(H,22,23);;1H2/q;;+1;/p-1. The number of likely N-dealkylation sites (tertiary alicyclic amines) is 1. The van der Waals surface area contributed by atoms with Crippen LogP contribution in [0.2, 0.25) is 0 Å². The minimum absolute atomic E-state index is 0. The third-order valence-corrected chi connectivity index (χ3v) is 13.2. The van der Waals surface area contributed by atoms with Crippen LogP contribution in [0.15, 0.2) is 96.9 Å². The zero-order chi connectivity index (χ0) is 42.3. The number of morpholine rings is 1. The molecular weight excluding hydrogens is 824 g/mol. The summed E-state index contributed by atoms with van der Waals surface area (Å²) in [6, 6.07) is 12.8. The number of aromatic nitrogens is 8. The number of ether oxygens (including phenoxy) is 1. The van der Waals surface area contributed by atoms with Gasteiger partial charge in [0, 0.05) is 96.4 Å². The fourth-order valence-corrected chi connectivity index (χ4v) is 9.78. The van der Waals surface area contributed by atoms with Crippen molar-refractivity contribution in [1.82, 2.24) is 48.3 Å². The predicted molar refractivity (Wildman–Crippen MR) is 244 cm³/mol. The van der Waals surface area contributed by atoms with Crippen molar-refractivity contribution < 1.29 is 48.2 Å². The van der Waals surface area contributed by atoms with E-state index in [-0.39, 0.29) is 39.9 Å². The smallest absolute Gasteiger partial charge is 0.870 e. The second-order valence-electron chi connectivity index (χ2n) is 17.3. The van der Waals surface area contributed by atoms with Crippen molar-refractivity contribution in [3.05, 3.63) is 103 Å². The summed E-state index contributed by atoms with van der Waals surface area (Å²) in [7, 11) is -3.80. The monoisotopic (exact) mass is 884 g/mol. The molecule has 0 aliphatic carbocycles. The Balaban J connectivity index is 0.000000211. The minimum Gasteiger partial charge on any atom is -0.870 e. The van der Waals surface area contributed by atoms with E-state index in [9.17, 15) is 8.42 Å². The minimum atomic E-state index is -3.80. The molecule has 2 aliphatic heterocycles. The fraction of sp³-hybridized carbons (Fsp3) is 0.447. The Bertz CT molecular complexity index is 2620. The fourth-order valence-electron chi connectivity index (χ4n) is 8.44. The molecule has 0 unspecified atom stereocenters. The first-order chi connectivity index (χ1) is 29.6. The summed E-state index contributed by atoms with van der Waals surface area (Å²) in [5.41, 5.74) is 7.82. The van der Waals surface area contributed by atoms with Gasteiger partial charge in [-0.3, -0.25) is 14.3 Å². The number of pyridine rings is 2. The van der Waals surface area contributed by atoms with Gasteiger partial charge >= 0.3 is 29.6 Å². The number of aromatic amines is 1. The van der Waals surface area contributed by atoms with Crippen LogP contribution in [0, 0.1) is 11.8 Å². The van der Waals surface area contributed by atoms with Gasteiger partial charge in [-0.15, -0.1) is 0 Å². The van der Waals surface area contributed by atoms with Gasteiger partial charge in [-0.2, -0.15) is 10.2 Å². The Labute approximate surface area is 393 Å². The molecule has 0 atom stereocenters. The Kier molecular flexibility index (Phi) is 17.0. The second kappa shape index (κ2) is 22.1. The van der Waals surface area contributed by atoms with Gasteiger partial charge in [0.1, 0.15) is 5.65 Å². The predicted octanol–water partition coefficient (Wildman–Crippen LogP) is 4.61. The Morgan fingerprint density at radius 1 is 0.683 bits per heavy atom. The van der Waals surface area contributed by atoms with Crippen LogP contribution >= 0.6 is 0 Å². The van der Waals surface area contributed by atoms with Crippen molar-refractivity contribution in [3.63, 3.8) is 0 Å².